The van der Waals surface area contributed by atoms with Crippen molar-refractivity contribution < 1.29 is 18.7 Å². The standard InChI is InChI=1S/C18H17BrN2O4/c1-22-14-8-12(9-15(10-14)23-2)18-20-17(21-25-18)16(24-3)11-4-6-13(19)7-5-11/h4-10,16H,1-3H3. The molecule has 0 bridgehead atoms. The molecular weight excluding hydrogens is 388 g/mol. The summed E-state index contributed by atoms with van der Waals surface area (Å²) >= 11 is 3.42. The molecule has 3 rings (SSSR count). The maximum absolute atomic E-state index is 5.55. The third kappa shape index (κ3) is 3.83. The van der Waals surface area contributed by atoms with Gasteiger partial charge in [0.25, 0.3) is 5.89 Å². The Morgan fingerprint density at radius 1 is 0.960 bits per heavy atom. The highest BCUT2D eigenvalue weighted by molar-refractivity contribution is 9.10. The highest BCUT2D eigenvalue weighted by Crippen LogP contribution is 2.31. The van der Waals surface area contributed by atoms with E-state index in [2.05, 4.69) is 26.1 Å². The van der Waals surface area contributed by atoms with Gasteiger partial charge in [0.2, 0.25) is 5.82 Å². The van der Waals surface area contributed by atoms with Crippen LogP contribution in [0.2, 0.25) is 0 Å². The average molecular weight is 405 g/mol. The molecule has 0 N–H and O–H groups in total. The lowest BCUT2D eigenvalue weighted by atomic mass is 10.1. The molecule has 7 heteroatoms. The lowest BCUT2D eigenvalue weighted by Crippen LogP contribution is -2.05. The van der Waals surface area contributed by atoms with Crippen LogP contribution in [-0.4, -0.2) is 31.5 Å². The van der Waals surface area contributed by atoms with Gasteiger partial charge in [-0.25, -0.2) is 0 Å². The van der Waals surface area contributed by atoms with Crippen LogP contribution in [0, 0.1) is 0 Å². The minimum atomic E-state index is -0.418. The van der Waals surface area contributed by atoms with Crippen LogP contribution in [-0.2, 0) is 4.74 Å². The van der Waals surface area contributed by atoms with Crippen LogP contribution in [0.4, 0.5) is 0 Å². The lowest BCUT2D eigenvalue weighted by Gasteiger charge is -2.11. The molecule has 0 fully saturated rings. The van der Waals surface area contributed by atoms with Gasteiger partial charge in [0.1, 0.15) is 17.6 Å². The molecule has 0 aliphatic rings. The smallest absolute Gasteiger partial charge is 0.258 e. The average Bonchev–Trinajstić information content (AvgIpc) is 3.13. The highest BCUT2D eigenvalue weighted by atomic mass is 79.9. The number of hydrogen-bond donors (Lipinski definition) is 0. The molecule has 0 aliphatic carbocycles. The van der Waals surface area contributed by atoms with Crippen LogP contribution >= 0.6 is 15.9 Å². The predicted octanol–water partition coefficient (Wildman–Crippen LogP) is 4.25. The van der Waals surface area contributed by atoms with Crippen LogP contribution in [0.5, 0.6) is 11.5 Å². The van der Waals surface area contributed by atoms with Crippen LogP contribution in [0.25, 0.3) is 11.5 Å². The molecule has 0 saturated heterocycles. The van der Waals surface area contributed by atoms with Crippen LogP contribution < -0.4 is 9.47 Å². The maximum Gasteiger partial charge on any atom is 0.258 e. The molecule has 0 spiro atoms. The van der Waals surface area contributed by atoms with E-state index < -0.39 is 6.10 Å². The molecule has 2 aromatic carbocycles. The largest absolute Gasteiger partial charge is 0.497 e. The number of rotatable bonds is 6. The van der Waals surface area contributed by atoms with Gasteiger partial charge >= 0.3 is 0 Å². The monoisotopic (exact) mass is 404 g/mol. The second-order valence-corrected chi connectivity index (χ2v) is 6.14. The molecule has 130 valence electrons. The number of halogens is 1. The third-order valence-corrected chi connectivity index (χ3v) is 4.21. The van der Waals surface area contributed by atoms with E-state index in [9.17, 15) is 0 Å². The minimum absolute atomic E-state index is 0.367. The fourth-order valence-electron chi connectivity index (χ4n) is 2.42. The number of hydrogen-bond acceptors (Lipinski definition) is 6. The van der Waals surface area contributed by atoms with Crippen molar-refractivity contribution in [1.82, 2.24) is 10.1 Å². The maximum atomic E-state index is 5.55. The second-order valence-electron chi connectivity index (χ2n) is 5.23. The van der Waals surface area contributed by atoms with E-state index in [-0.39, 0.29) is 0 Å². The molecule has 6 nitrogen and oxygen atoms in total. The molecule has 0 aliphatic heterocycles. The molecule has 0 saturated carbocycles. The van der Waals surface area contributed by atoms with E-state index in [4.69, 9.17) is 18.7 Å². The summed E-state index contributed by atoms with van der Waals surface area (Å²) in [6.45, 7) is 0. The SMILES string of the molecule is COc1cc(OC)cc(-c2nc(C(OC)c3ccc(Br)cc3)no2)c1. The summed E-state index contributed by atoms with van der Waals surface area (Å²) in [5.74, 6) is 2.10. The first-order chi connectivity index (χ1) is 12.1. The van der Waals surface area contributed by atoms with Gasteiger partial charge < -0.3 is 18.7 Å². The molecule has 0 radical (unpaired) electrons. The van der Waals surface area contributed by atoms with Crippen LogP contribution in [0.1, 0.15) is 17.5 Å². The van der Waals surface area contributed by atoms with Gasteiger partial charge in [-0.15, -0.1) is 0 Å². The Hall–Kier alpha value is -2.38. The zero-order valence-electron chi connectivity index (χ0n) is 14.0. The van der Waals surface area contributed by atoms with Gasteiger partial charge in [0.05, 0.1) is 14.2 Å². The van der Waals surface area contributed by atoms with E-state index in [1.807, 2.05) is 24.3 Å². The predicted molar refractivity (Wildman–Crippen MR) is 95.8 cm³/mol. The number of ether oxygens (including phenoxy) is 3. The molecular formula is C18H17BrN2O4. The molecule has 25 heavy (non-hydrogen) atoms. The van der Waals surface area contributed by atoms with Gasteiger partial charge in [-0.3, -0.25) is 0 Å². The first-order valence-electron chi connectivity index (χ1n) is 7.50. The van der Waals surface area contributed by atoms with E-state index in [1.165, 1.54) is 0 Å². The zero-order chi connectivity index (χ0) is 17.8. The van der Waals surface area contributed by atoms with Gasteiger partial charge in [-0.1, -0.05) is 33.2 Å². The number of nitrogens with zero attached hydrogens (tertiary/aromatic N) is 2. The highest BCUT2D eigenvalue weighted by Gasteiger charge is 2.21. The van der Waals surface area contributed by atoms with E-state index in [1.54, 1.807) is 39.5 Å². The van der Waals surface area contributed by atoms with Gasteiger partial charge in [-0.05, 0) is 29.8 Å². The van der Waals surface area contributed by atoms with Crippen molar-refractivity contribution in [3.05, 3.63) is 58.3 Å². The van der Waals surface area contributed by atoms with Crippen molar-refractivity contribution >= 4 is 15.9 Å². The summed E-state index contributed by atoms with van der Waals surface area (Å²) in [5.41, 5.74) is 1.64. The van der Waals surface area contributed by atoms with Crippen molar-refractivity contribution in [2.75, 3.05) is 21.3 Å². The van der Waals surface area contributed by atoms with Crippen molar-refractivity contribution in [1.29, 1.82) is 0 Å². The zero-order valence-corrected chi connectivity index (χ0v) is 15.6. The van der Waals surface area contributed by atoms with Crippen LogP contribution in [0.15, 0.2) is 51.5 Å². The van der Waals surface area contributed by atoms with Crippen molar-refractivity contribution in [3.8, 4) is 23.0 Å². The minimum Gasteiger partial charge on any atom is -0.497 e. The van der Waals surface area contributed by atoms with Crippen molar-refractivity contribution in [3.63, 3.8) is 0 Å². The summed E-state index contributed by atoms with van der Waals surface area (Å²) in [6, 6.07) is 13.2. The molecule has 1 unspecified atom stereocenters. The fourth-order valence-corrected chi connectivity index (χ4v) is 2.68. The Balaban J connectivity index is 1.95. The quantitative estimate of drug-likeness (QED) is 0.611. The molecule has 1 atom stereocenters. The molecule has 0 amide bonds. The number of benzene rings is 2. The Bertz CT molecular complexity index is 826. The topological polar surface area (TPSA) is 66.6 Å². The number of aromatic nitrogens is 2. The first kappa shape index (κ1) is 17.4. The second kappa shape index (κ2) is 7.67. The fraction of sp³-hybridized carbons (Fsp3) is 0.222. The van der Waals surface area contributed by atoms with E-state index in [0.717, 1.165) is 10.0 Å². The molecule has 1 aromatic heterocycles. The summed E-state index contributed by atoms with van der Waals surface area (Å²) in [6.07, 6.45) is -0.418. The Labute approximate surface area is 153 Å². The summed E-state index contributed by atoms with van der Waals surface area (Å²) < 4.78 is 22.5. The van der Waals surface area contributed by atoms with Crippen molar-refractivity contribution in [2.24, 2.45) is 0 Å². The first-order valence-corrected chi connectivity index (χ1v) is 8.29. The Morgan fingerprint density at radius 3 is 2.16 bits per heavy atom. The summed E-state index contributed by atoms with van der Waals surface area (Å²) in [4.78, 5) is 4.48. The van der Waals surface area contributed by atoms with Gasteiger partial charge in [0, 0.05) is 23.2 Å². The third-order valence-electron chi connectivity index (χ3n) is 3.68. The van der Waals surface area contributed by atoms with Gasteiger partial charge in [0.15, 0.2) is 0 Å². The molecule has 3 aromatic rings. The van der Waals surface area contributed by atoms with Crippen molar-refractivity contribution in [2.45, 2.75) is 6.10 Å². The van der Waals surface area contributed by atoms with Crippen LogP contribution in [0.3, 0.4) is 0 Å². The van der Waals surface area contributed by atoms with E-state index in [0.29, 0.717) is 28.8 Å². The number of methoxy groups -OCH3 is 3. The Morgan fingerprint density at radius 2 is 1.60 bits per heavy atom. The normalized spacial score (nSPS) is 12.0. The van der Waals surface area contributed by atoms with Gasteiger partial charge in [-0.2, -0.15) is 4.98 Å². The molecule has 1 heterocycles. The Kier molecular flexibility index (Phi) is 5.35. The summed E-state index contributed by atoms with van der Waals surface area (Å²) in [5, 5.41) is 4.07. The summed E-state index contributed by atoms with van der Waals surface area (Å²) in [7, 11) is 4.79. The van der Waals surface area contributed by atoms with E-state index >= 15 is 0 Å². The lowest BCUT2D eigenvalue weighted by molar-refractivity contribution is 0.126.